The zero-order valence-electron chi connectivity index (χ0n) is 10.4. The van der Waals surface area contributed by atoms with Crippen LogP contribution in [0.5, 0.6) is 5.75 Å². The molecule has 19 heavy (non-hydrogen) atoms. The van der Waals surface area contributed by atoms with Gasteiger partial charge in [0.2, 0.25) is 0 Å². The van der Waals surface area contributed by atoms with Gasteiger partial charge in [-0.05, 0) is 41.5 Å². The van der Waals surface area contributed by atoms with E-state index < -0.39 is 0 Å². The highest BCUT2D eigenvalue weighted by molar-refractivity contribution is 9.10. The van der Waals surface area contributed by atoms with E-state index in [9.17, 15) is 0 Å². The summed E-state index contributed by atoms with van der Waals surface area (Å²) in [5, 5.41) is 8.92. The number of rotatable bonds is 4. The van der Waals surface area contributed by atoms with Gasteiger partial charge in [0.05, 0.1) is 11.6 Å². The Morgan fingerprint density at radius 3 is 2.74 bits per heavy atom. The molecule has 0 saturated carbocycles. The van der Waals surface area contributed by atoms with Gasteiger partial charge >= 0.3 is 0 Å². The average molecular weight is 318 g/mol. The second-order valence-electron chi connectivity index (χ2n) is 3.89. The van der Waals surface area contributed by atoms with Crippen LogP contribution in [0.3, 0.4) is 0 Å². The molecule has 0 bridgehead atoms. The molecule has 0 N–H and O–H groups in total. The first kappa shape index (κ1) is 13.6. The summed E-state index contributed by atoms with van der Waals surface area (Å²) < 4.78 is 11.1. The topological polar surface area (TPSA) is 42.2 Å². The highest BCUT2D eigenvalue weighted by Crippen LogP contribution is 2.31. The third kappa shape index (κ3) is 3.34. The minimum atomic E-state index is 0.218. The number of ether oxygens (including phenoxy) is 2. The van der Waals surface area contributed by atoms with E-state index in [-0.39, 0.29) is 6.79 Å². The Kier molecular flexibility index (Phi) is 4.56. The number of halogens is 1. The fourth-order valence-corrected chi connectivity index (χ4v) is 2.29. The molecule has 0 saturated heterocycles. The number of methoxy groups -OCH3 is 1. The molecule has 2 rings (SSSR count). The second-order valence-corrected chi connectivity index (χ2v) is 4.74. The van der Waals surface area contributed by atoms with Crippen molar-refractivity contribution in [1.29, 1.82) is 5.26 Å². The Bertz CT molecular complexity index is 620. The molecule has 96 valence electrons. The predicted octanol–water partition coefficient (Wildman–Crippen LogP) is 3.97. The molecule has 0 aliphatic rings. The molecule has 2 aromatic rings. The number of nitriles is 1. The van der Waals surface area contributed by atoms with Crippen molar-refractivity contribution < 1.29 is 9.47 Å². The lowest BCUT2D eigenvalue weighted by Crippen LogP contribution is -1.98. The maximum atomic E-state index is 8.92. The van der Waals surface area contributed by atoms with E-state index in [4.69, 9.17) is 14.7 Å². The van der Waals surface area contributed by atoms with Gasteiger partial charge < -0.3 is 9.47 Å². The standard InChI is InChI=1S/C15H12BrNO2/c1-18-10-19-13-5-6-14(15(16)8-13)12-4-2-3-11(7-12)9-17/h2-8H,10H2,1H3. The van der Waals surface area contributed by atoms with Gasteiger partial charge in [-0.1, -0.05) is 28.1 Å². The molecule has 0 unspecified atom stereocenters. The predicted molar refractivity (Wildman–Crippen MR) is 76.8 cm³/mol. The summed E-state index contributed by atoms with van der Waals surface area (Å²) >= 11 is 3.52. The zero-order valence-corrected chi connectivity index (χ0v) is 12.0. The summed E-state index contributed by atoms with van der Waals surface area (Å²) in [6.45, 7) is 0.218. The SMILES string of the molecule is COCOc1ccc(-c2cccc(C#N)c2)c(Br)c1. The van der Waals surface area contributed by atoms with E-state index in [1.165, 1.54) is 0 Å². The molecule has 0 fully saturated rings. The van der Waals surface area contributed by atoms with E-state index in [0.29, 0.717) is 5.56 Å². The molecule has 2 aromatic carbocycles. The van der Waals surface area contributed by atoms with Gasteiger partial charge in [-0.2, -0.15) is 5.26 Å². The molecule has 0 aromatic heterocycles. The zero-order chi connectivity index (χ0) is 13.7. The third-order valence-corrected chi connectivity index (χ3v) is 3.24. The molecule has 0 aliphatic heterocycles. The number of benzene rings is 2. The normalized spacial score (nSPS) is 9.95. The van der Waals surface area contributed by atoms with E-state index in [0.717, 1.165) is 21.3 Å². The molecular weight excluding hydrogens is 306 g/mol. The van der Waals surface area contributed by atoms with Crippen LogP contribution in [0.15, 0.2) is 46.9 Å². The van der Waals surface area contributed by atoms with Crippen molar-refractivity contribution in [3.63, 3.8) is 0 Å². The minimum Gasteiger partial charge on any atom is -0.468 e. The molecule has 0 atom stereocenters. The Balaban J connectivity index is 2.32. The Labute approximate surface area is 120 Å². The van der Waals surface area contributed by atoms with Crippen molar-refractivity contribution in [2.75, 3.05) is 13.9 Å². The van der Waals surface area contributed by atoms with Gasteiger partial charge in [-0.3, -0.25) is 0 Å². The maximum absolute atomic E-state index is 8.92. The Morgan fingerprint density at radius 1 is 1.21 bits per heavy atom. The van der Waals surface area contributed by atoms with Crippen molar-refractivity contribution in [3.8, 4) is 22.9 Å². The summed E-state index contributed by atoms with van der Waals surface area (Å²) in [5.74, 6) is 0.730. The van der Waals surface area contributed by atoms with E-state index in [1.54, 1.807) is 13.2 Å². The van der Waals surface area contributed by atoms with Gasteiger partial charge in [0.25, 0.3) is 0 Å². The third-order valence-electron chi connectivity index (χ3n) is 2.59. The van der Waals surface area contributed by atoms with Crippen LogP contribution >= 0.6 is 15.9 Å². The molecular formula is C15H12BrNO2. The van der Waals surface area contributed by atoms with E-state index in [2.05, 4.69) is 22.0 Å². The molecule has 0 aliphatic carbocycles. The van der Waals surface area contributed by atoms with Crippen molar-refractivity contribution in [2.24, 2.45) is 0 Å². The maximum Gasteiger partial charge on any atom is 0.188 e. The summed E-state index contributed by atoms with van der Waals surface area (Å²) in [5.41, 5.74) is 2.65. The summed E-state index contributed by atoms with van der Waals surface area (Å²) in [4.78, 5) is 0. The lowest BCUT2D eigenvalue weighted by molar-refractivity contribution is 0.0511. The lowest BCUT2D eigenvalue weighted by atomic mass is 10.0. The summed E-state index contributed by atoms with van der Waals surface area (Å²) in [7, 11) is 1.58. The molecule has 4 heteroatoms. The Hall–Kier alpha value is -1.83. The van der Waals surface area contributed by atoms with Crippen LogP contribution in [-0.4, -0.2) is 13.9 Å². The average Bonchev–Trinajstić information content (AvgIpc) is 2.45. The largest absolute Gasteiger partial charge is 0.468 e. The van der Waals surface area contributed by atoms with Crippen LogP contribution < -0.4 is 4.74 Å². The first-order valence-corrected chi connectivity index (χ1v) is 6.45. The van der Waals surface area contributed by atoms with Crippen molar-refractivity contribution in [2.45, 2.75) is 0 Å². The number of hydrogen-bond acceptors (Lipinski definition) is 3. The van der Waals surface area contributed by atoms with E-state index >= 15 is 0 Å². The van der Waals surface area contributed by atoms with Crippen molar-refractivity contribution in [1.82, 2.24) is 0 Å². The fraction of sp³-hybridized carbons (Fsp3) is 0.133. The summed E-state index contributed by atoms with van der Waals surface area (Å²) in [6, 6.07) is 15.3. The number of nitrogens with zero attached hydrogens (tertiary/aromatic N) is 1. The first-order chi connectivity index (χ1) is 9.24. The van der Waals surface area contributed by atoms with Gasteiger partial charge in [-0.25, -0.2) is 0 Å². The van der Waals surface area contributed by atoms with Crippen LogP contribution in [0, 0.1) is 11.3 Å². The van der Waals surface area contributed by atoms with Gasteiger partial charge in [0, 0.05) is 11.6 Å². The van der Waals surface area contributed by atoms with Crippen LogP contribution in [0.2, 0.25) is 0 Å². The quantitative estimate of drug-likeness (QED) is 0.801. The van der Waals surface area contributed by atoms with Gasteiger partial charge in [-0.15, -0.1) is 0 Å². The van der Waals surface area contributed by atoms with Crippen LogP contribution in [0.1, 0.15) is 5.56 Å². The Morgan fingerprint density at radius 2 is 2.05 bits per heavy atom. The number of hydrogen-bond donors (Lipinski definition) is 0. The molecule has 0 amide bonds. The van der Waals surface area contributed by atoms with Crippen molar-refractivity contribution in [3.05, 3.63) is 52.5 Å². The first-order valence-electron chi connectivity index (χ1n) is 5.66. The van der Waals surface area contributed by atoms with Gasteiger partial charge in [0.15, 0.2) is 6.79 Å². The molecule has 3 nitrogen and oxygen atoms in total. The highest BCUT2D eigenvalue weighted by Gasteiger charge is 2.05. The van der Waals surface area contributed by atoms with Crippen LogP contribution in [0.25, 0.3) is 11.1 Å². The minimum absolute atomic E-state index is 0.218. The van der Waals surface area contributed by atoms with Crippen molar-refractivity contribution >= 4 is 15.9 Å². The van der Waals surface area contributed by atoms with Gasteiger partial charge in [0.1, 0.15) is 5.75 Å². The molecule has 0 radical (unpaired) electrons. The molecule has 0 heterocycles. The highest BCUT2D eigenvalue weighted by atomic mass is 79.9. The lowest BCUT2D eigenvalue weighted by Gasteiger charge is -2.09. The molecule has 0 spiro atoms. The summed E-state index contributed by atoms with van der Waals surface area (Å²) in [6.07, 6.45) is 0. The second kappa shape index (κ2) is 6.37. The van der Waals surface area contributed by atoms with Crippen LogP contribution in [0.4, 0.5) is 0 Å². The smallest absolute Gasteiger partial charge is 0.188 e. The monoisotopic (exact) mass is 317 g/mol. The van der Waals surface area contributed by atoms with E-state index in [1.807, 2.05) is 36.4 Å². The van der Waals surface area contributed by atoms with Crippen LogP contribution in [-0.2, 0) is 4.74 Å². The fourth-order valence-electron chi connectivity index (χ4n) is 1.70.